The van der Waals surface area contributed by atoms with Crippen LogP contribution in [-0.2, 0) is 9.53 Å². The molecular formula is C20H15BrN2O6. The van der Waals surface area contributed by atoms with Gasteiger partial charge in [0.25, 0.3) is 11.8 Å². The van der Waals surface area contributed by atoms with Crippen LogP contribution in [0.4, 0.5) is 5.69 Å². The maximum atomic E-state index is 12.8. The van der Waals surface area contributed by atoms with Gasteiger partial charge in [-0.3, -0.25) is 9.59 Å². The quantitative estimate of drug-likeness (QED) is 0.428. The predicted molar refractivity (Wildman–Crippen MR) is 107 cm³/mol. The van der Waals surface area contributed by atoms with Crippen LogP contribution in [0.3, 0.4) is 0 Å². The number of hydrogen-bond acceptors (Lipinski definition) is 6. The highest BCUT2D eigenvalue weighted by molar-refractivity contribution is 9.10. The number of halogens is 1. The summed E-state index contributed by atoms with van der Waals surface area (Å²) in [5.74, 6) is -1.40. The highest BCUT2D eigenvalue weighted by Crippen LogP contribution is 2.16. The van der Waals surface area contributed by atoms with Gasteiger partial charge in [-0.05, 0) is 58.4 Å². The van der Waals surface area contributed by atoms with Gasteiger partial charge < -0.3 is 24.2 Å². The molecule has 2 N–H and O–H groups in total. The Hall–Kier alpha value is -3.59. The number of nitrogens with one attached hydrogen (secondary N) is 2. The Morgan fingerprint density at radius 2 is 1.93 bits per heavy atom. The molecule has 29 heavy (non-hydrogen) atoms. The molecule has 148 valence electrons. The topological polar surface area (TPSA) is 111 Å². The van der Waals surface area contributed by atoms with Gasteiger partial charge in [0.15, 0.2) is 10.4 Å². The summed E-state index contributed by atoms with van der Waals surface area (Å²) < 4.78 is 15.5. The van der Waals surface area contributed by atoms with Gasteiger partial charge in [0.2, 0.25) is 0 Å². The van der Waals surface area contributed by atoms with Gasteiger partial charge in [-0.25, -0.2) is 4.79 Å². The van der Waals surface area contributed by atoms with E-state index in [1.807, 2.05) is 0 Å². The number of esters is 1. The van der Waals surface area contributed by atoms with Crippen LogP contribution in [0.1, 0.15) is 26.7 Å². The second-order valence-corrected chi connectivity index (χ2v) is 6.44. The second-order valence-electron chi connectivity index (χ2n) is 5.66. The fourth-order valence-electron chi connectivity index (χ4n) is 2.33. The summed E-state index contributed by atoms with van der Waals surface area (Å²) in [6.07, 6.45) is 2.81. The Morgan fingerprint density at radius 3 is 2.59 bits per heavy atom. The summed E-state index contributed by atoms with van der Waals surface area (Å²) in [5.41, 5.74) is 0.533. The van der Waals surface area contributed by atoms with E-state index in [2.05, 4.69) is 31.3 Å². The van der Waals surface area contributed by atoms with E-state index in [1.165, 1.54) is 31.6 Å². The third-order valence-corrected chi connectivity index (χ3v) is 4.09. The Labute approximate surface area is 173 Å². The molecule has 0 atom stereocenters. The molecule has 0 aliphatic carbocycles. The van der Waals surface area contributed by atoms with Crippen molar-refractivity contribution in [1.82, 2.24) is 5.32 Å². The lowest BCUT2D eigenvalue weighted by atomic mass is 10.2. The van der Waals surface area contributed by atoms with Crippen LogP contribution in [0, 0.1) is 0 Å². The highest BCUT2D eigenvalue weighted by Gasteiger charge is 2.18. The van der Waals surface area contributed by atoms with Crippen LogP contribution < -0.4 is 10.6 Å². The molecule has 0 bridgehead atoms. The van der Waals surface area contributed by atoms with Crippen molar-refractivity contribution in [2.24, 2.45) is 0 Å². The number of methoxy groups -OCH3 is 1. The minimum absolute atomic E-state index is 0.0164. The molecule has 2 amide bonds. The zero-order valence-corrected chi connectivity index (χ0v) is 16.7. The number of carbonyl (C=O) groups is 3. The van der Waals surface area contributed by atoms with Crippen LogP contribution >= 0.6 is 15.9 Å². The molecule has 0 aliphatic rings. The Bertz CT molecular complexity index is 1070. The van der Waals surface area contributed by atoms with E-state index in [0.29, 0.717) is 16.1 Å². The molecule has 0 fully saturated rings. The van der Waals surface area contributed by atoms with E-state index in [1.54, 1.807) is 36.4 Å². The van der Waals surface area contributed by atoms with Gasteiger partial charge in [-0.2, -0.15) is 0 Å². The van der Waals surface area contributed by atoms with Gasteiger partial charge in [0.1, 0.15) is 11.5 Å². The van der Waals surface area contributed by atoms with Gasteiger partial charge >= 0.3 is 5.97 Å². The summed E-state index contributed by atoms with van der Waals surface area (Å²) in [4.78, 5) is 36.8. The van der Waals surface area contributed by atoms with E-state index in [9.17, 15) is 14.4 Å². The van der Waals surface area contributed by atoms with Crippen molar-refractivity contribution in [3.05, 3.63) is 82.2 Å². The lowest BCUT2D eigenvalue weighted by molar-refractivity contribution is -0.113. The van der Waals surface area contributed by atoms with Crippen molar-refractivity contribution >= 4 is 45.5 Å². The van der Waals surface area contributed by atoms with Crippen molar-refractivity contribution in [3.8, 4) is 0 Å². The summed E-state index contributed by atoms with van der Waals surface area (Å²) in [6.45, 7) is 0. The Balaban J connectivity index is 1.83. The molecule has 3 rings (SSSR count). The number of anilines is 1. The van der Waals surface area contributed by atoms with Crippen LogP contribution in [-0.4, -0.2) is 24.9 Å². The second kappa shape index (κ2) is 9.07. The van der Waals surface area contributed by atoms with E-state index in [-0.39, 0.29) is 17.0 Å². The minimum Gasteiger partial charge on any atom is -0.465 e. The molecule has 3 aromatic rings. The smallest absolute Gasteiger partial charge is 0.337 e. The summed E-state index contributed by atoms with van der Waals surface area (Å²) >= 11 is 3.12. The van der Waals surface area contributed by atoms with Crippen molar-refractivity contribution in [1.29, 1.82) is 0 Å². The third kappa shape index (κ3) is 5.23. The lowest BCUT2D eigenvalue weighted by Gasteiger charge is -2.10. The highest BCUT2D eigenvalue weighted by atomic mass is 79.9. The number of rotatable bonds is 6. The van der Waals surface area contributed by atoms with Crippen molar-refractivity contribution in [3.63, 3.8) is 0 Å². The molecule has 0 unspecified atom stereocenters. The number of benzene rings is 1. The molecule has 0 aliphatic heterocycles. The summed E-state index contributed by atoms with van der Waals surface area (Å²) in [6, 6.07) is 12.5. The monoisotopic (exact) mass is 458 g/mol. The van der Waals surface area contributed by atoms with Gasteiger partial charge in [-0.1, -0.05) is 6.07 Å². The fourth-order valence-corrected chi connectivity index (χ4v) is 2.64. The number of hydrogen-bond donors (Lipinski definition) is 2. The molecule has 8 nitrogen and oxygen atoms in total. The van der Waals surface area contributed by atoms with E-state index < -0.39 is 17.8 Å². The van der Waals surface area contributed by atoms with Crippen molar-refractivity contribution < 1.29 is 28.0 Å². The Kier molecular flexibility index (Phi) is 6.30. The van der Waals surface area contributed by atoms with Crippen LogP contribution in [0.2, 0.25) is 0 Å². The first-order valence-corrected chi connectivity index (χ1v) is 9.07. The largest absolute Gasteiger partial charge is 0.465 e. The molecule has 0 saturated carbocycles. The molecule has 2 heterocycles. The molecule has 2 aromatic heterocycles. The Morgan fingerprint density at radius 1 is 1.10 bits per heavy atom. The zero-order valence-electron chi connectivity index (χ0n) is 15.1. The average molecular weight is 459 g/mol. The first-order valence-electron chi connectivity index (χ1n) is 8.28. The van der Waals surface area contributed by atoms with Crippen LogP contribution in [0.15, 0.2) is 74.0 Å². The zero-order chi connectivity index (χ0) is 20.8. The van der Waals surface area contributed by atoms with Gasteiger partial charge in [-0.15, -0.1) is 0 Å². The van der Waals surface area contributed by atoms with Crippen LogP contribution in [0.25, 0.3) is 6.08 Å². The average Bonchev–Trinajstić information content (AvgIpc) is 3.38. The van der Waals surface area contributed by atoms with Crippen LogP contribution in [0.5, 0.6) is 0 Å². The van der Waals surface area contributed by atoms with Gasteiger partial charge in [0, 0.05) is 11.8 Å². The molecule has 1 aromatic carbocycles. The molecule has 0 radical (unpaired) electrons. The molecule has 9 heteroatoms. The van der Waals surface area contributed by atoms with Crippen molar-refractivity contribution in [2.75, 3.05) is 12.4 Å². The molecule has 0 spiro atoms. The van der Waals surface area contributed by atoms with E-state index in [0.717, 1.165) is 0 Å². The van der Waals surface area contributed by atoms with E-state index in [4.69, 9.17) is 8.83 Å². The third-order valence-electron chi connectivity index (χ3n) is 3.66. The fraction of sp³-hybridized carbons (Fsp3) is 0.0500. The lowest BCUT2D eigenvalue weighted by Crippen LogP contribution is -2.30. The minimum atomic E-state index is -0.623. The normalized spacial score (nSPS) is 11.0. The molecular weight excluding hydrogens is 444 g/mol. The molecule has 0 saturated heterocycles. The number of amides is 2. The van der Waals surface area contributed by atoms with Crippen molar-refractivity contribution in [2.45, 2.75) is 0 Å². The van der Waals surface area contributed by atoms with E-state index >= 15 is 0 Å². The number of ether oxygens (including phenoxy) is 1. The standard InChI is InChI=1S/C20H15BrN2O6/c1-27-20(26)12-4-2-5-13(10-12)22-18(24)15(11-14-6-3-9-28-14)23-19(25)16-7-8-17(21)29-16/h2-11H,1H3,(H,22,24)(H,23,25). The van der Waals surface area contributed by atoms with Gasteiger partial charge in [0.05, 0.1) is 18.9 Å². The summed E-state index contributed by atoms with van der Waals surface area (Å²) in [5, 5.41) is 5.12. The SMILES string of the molecule is COC(=O)c1cccc(NC(=O)C(=Cc2ccco2)NC(=O)c2ccc(Br)o2)c1. The maximum absolute atomic E-state index is 12.8. The number of furan rings is 2. The summed E-state index contributed by atoms with van der Waals surface area (Å²) in [7, 11) is 1.26. The first-order chi connectivity index (χ1) is 14.0. The first kappa shape index (κ1) is 20.2. The predicted octanol–water partition coefficient (Wildman–Crippen LogP) is 3.83. The number of carbonyl (C=O) groups excluding carboxylic acids is 3. The maximum Gasteiger partial charge on any atom is 0.337 e.